The Morgan fingerprint density at radius 3 is 2.71 bits per heavy atom. The van der Waals surface area contributed by atoms with E-state index in [4.69, 9.17) is 10.6 Å². The maximum atomic E-state index is 5.62. The topological polar surface area (TPSA) is 60.2 Å². The van der Waals surface area contributed by atoms with E-state index < -0.39 is 0 Å². The van der Waals surface area contributed by atoms with E-state index in [1.807, 2.05) is 12.1 Å². The molecule has 1 atom stereocenters. The Labute approximate surface area is 104 Å². The second-order valence-electron chi connectivity index (χ2n) is 5.42. The minimum atomic E-state index is 0.0814. The lowest BCUT2D eigenvalue weighted by Gasteiger charge is -2.23. The van der Waals surface area contributed by atoms with Gasteiger partial charge in [0, 0.05) is 11.8 Å². The number of nitrogens with two attached hydrogens (primary N) is 1. The van der Waals surface area contributed by atoms with Gasteiger partial charge in [-0.3, -0.25) is 11.3 Å². The largest absolute Gasteiger partial charge is 0.481 e. The lowest BCUT2D eigenvalue weighted by Crippen LogP contribution is -2.29. The number of hydrogen-bond donors (Lipinski definition) is 2. The molecule has 1 heterocycles. The van der Waals surface area contributed by atoms with Crippen molar-refractivity contribution in [1.29, 1.82) is 0 Å². The fourth-order valence-corrected chi connectivity index (χ4v) is 1.74. The Hall–Kier alpha value is -1.13. The van der Waals surface area contributed by atoms with E-state index in [-0.39, 0.29) is 6.04 Å². The van der Waals surface area contributed by atoms with Gasteiger partial charge in [0.2, 0.25) is 5.88 Å². The summed E-state index contributed by atoms with van der Waals surface area (Å²) >= 11 is 0. The molecule has 3 N–H and O–H groups in total. The Kier molecular flexibility index (Phi) is 4.90. The Bertz CT molecular complexity index is 347. The molecule has 4 nitrogen and oxygen atoms in total. The van der Waals surface area contributed by atoms with E-state index in [2.05, 4.69) is 31.2 Å². The lowest BCUT2D eigenvalue weighted by molar-refractivity contribution is 0.325. The quantitative estimate of drug-likeness (QED) is 0.610. The smallest absolute Gasteiger partial charge is 0.217 e. The molecular formula is C13H23N3O. The van der Waals surface area contributed by atoms with Crippen LogP contribution >= 0.6 is 0 Å². The summed E-state index contributed by atoms with van der Waals surface area (Å²) in [6.07, 6.45) is 3.77. The van der Waals surface area contributed by atoms with Crippen molar-refractivity contribution >= 4 is 0 Å². The number of aromatic nitrogens is 1. The average molecular weight is 237 g/mol. The van der Waals surface area contributed by atoms with E-state index in [0.717, 1.165) is 18.4 Å². The van der Waals surface area contributed by atoms with Crippen molar-refractivity contribution in [2.24, 2.45) is 11.3 Å². The van der Waals surface area contributed by atoms with Crippen LogP contribution in [0.25, 0.3) is 0 Å². The highest BCUT2D eigenvalue weighted by Gasteiger charge is 2.19. The number of methoxy groups -OCH3 is 1. The molecule has 0 amide bonds. The van der Waals surface area contributed by atoms with Gasteiger partial charge >= 0.3 is 0 Å². The maximum absolute atomic E-state index is 5.62. The van der Waals surface area contributed by atoms with Gasteiger partial charge in [0.25, 0.3) is 0 Å². The monoisotopic (exact) mass is 237 g/mol. The number of nitrogens with one attached hydrogen (secondary N) is 1. The predicted octanol–water partition coefficient (Wildman–Crippen LogP) is 2.42. The van der Waals surface area contributed by atoms with Crippen LogP contribution in [-0.2, 0) is 0 Å². The number of hydrazine groups is 1. The number of hydrogen-bond acceptors (Lipinski definition) is 4. The number of ether oxygens (including phenoxy) is 1. The van der Waals surface area contributed by atoms with Gasteiger partial charge in [-0.05, 0) is 24.3 Å². The van der Waals surface area contributed by atoms with Gasteiger partial charge in [-0.1, -0.05) is 26.8 Å². The Morgan fingerprint density at radius 1 is 1.47 bits per heavy atom. The standard InChI is InChI=1S/C13H23N3O/c1-13(2,3)8-7-11(16-14)10-6-5-9-15-12(10)17-4/h5-6,9,11,16H,7-8,14H2,1-4H3. The van der Waals surface area contributed by atoms with Crippen LogP contribution in [0, 0.1) is 5.41 Å². The third kappa shape index (κ3) is 4.32. The first-order valence-corrected chi connectivity index (χ1v) is 5.93. The van der Waals surface area contributed by atoms with Gasteiger partial charge < -0.3 is 4.74 Å². The van der Waals surface area contributed by atoms with Crippen LogP contribution in [0.2, 0.25) is 0 Å². The summed E-state index contributed by atoms with van der Waals surface area (Å²) in [7, 11) is 1.63. The third-order valence-electron chi connectivity index (χ3n) is 2.75. The molecule has 1 unspecified atom stereocenters. The third-order valence-corrected chi connectivity index (χ3v) is 2.75. The number of nitrogens with zero attached hydrogens (tertiary/aromatic N) is 1. The van der Waals surface area contributed by atoms with Crippen molar-refractivity contribution in [1.82, 2.24) is 10.4 Å². The molecule has 96 valence electrons. The lowest BCUT2D eigenvalue weighted by atomic mass is 9.87. The van der Waals surface area contributed by atoms with Crippen molar-refractivity contribution in [2.45, 2.75) is 39.7 Å². The zero-order valence-electron chi connectivity index (χ0n) is 11.2. The van der Waals surface area contributed by atoms with Gasteiger partial charge in [-0.15, -0.1) is 0 Å². The van der Waals surface area contributed by atoms with Crippen LogP contribution in [0.4, 0.5) is 0 Å². The molecule has 1 aromatic rings. The molecule has 0 bridgehead atoms. The molecule has 0 saturated carbocycles. The summed E-state index contributed by atoms with van der Waals surface area (Å²) < 4.78 is 5.25. The second-order valence-corrected chi connectivity index (χ2v) is 5.42. The van der Waals surface area contributed by atoms with E-state index in [9.17, 15) is 0 Å². The highest BCUT2D eigenvalue weighted by Crippen LogP contribution is 2.30. The summed E-state index contributed by atoms with van der Waals surface area (Å²) in [5, 5.41) is 0. The van der Waals surface area contributed by atoms with Gasteiger partial charge in [0.1, 0.15) is 0 Å². The zero-order valence-corrected chi connectivity index (χ0v) is 11.2. The van der Waals surface area contributed by atoms with Gasteiger partial charge in [-0.2, -0.15) is 0 Å². The van der Waals surface area contributed by atoms with Crippen molar-refractivity contribution in [2.75, 3.05) is 7.11 Å². The molecule has 0 aliphatic carbocycles. The first-order valence-electron chi connectivity index (χ1n) is 5.93. The van der Waals surface area contributed by atoms with Crippen LogP contribution in [0.3, 0.4) is 0 Å². The molecule has 0 aliphatic heterocycles. The average Bonchev–Trinajstić information content (AvgIpc) is 2.29. The summed E-state index contributed by atoms with van der Waals surface area (Å²) in [5.74, 6) is 6.27. The molecule has 0 saturated heterocycles. The zero-order chi connectivity index (χ0) is 12.9. The SMILES string of the molecule is COc1ncccc1C(CCC(C)(C)C)NN. The van der Waals surface area contributed by atoms with Crippen LogP contribution in [0.15, 0.2) is 18.3 Å². The highest BCUT2D eigenvalue weighted by molar-refractivity contribution is 5.28. The minimum Gasteiger partial charge on any atom is -0.481 e. The Balaban J connectivity index is 2.79. The molecule has 0 fully saturated rings. The molecular weight excluding hydrogens is 214 g/mol. The Morgan fingerprint density at radius 2 is 2.18 bits per heavy atom. The molecule has 0 aliphatic rings. The molecule has 17 heavy (non-hydrogen) atoms. The molecule has 0 spiro atoms. The van der Waals surface area contributed by atoms with Crippen molar-refractivity contribution < 1.29 is 4.74 Å². The summed E-state index contributed by atoms with van der Waals surface area (Å²) in [6.45, 7) is 6.67. The second kappa shape index (κ2) is 5.98. The van der Waals surface area contributed by atoms with E-state index in [1.54, 1.807) is 13.3 Å². The highest BCUT2D eigenvalue weighted by atomic mass is 16.5. The predicted molar refractivity (Wildman–Crippen MR) is 69.5 cm³/mol. The molecule has 4 heteroatoms. The fourth-order valence-electron chi connectivity index (χ4n) is 1.74. The van der Waals surface area contributed by atoms with Gasteiger partial charge in [0.15, 0.2) is 0 Å². The summed E-state index contributed by atoms with van der Waals surface area (Å²) in [6, 6.07) is 3.98. The number of rotatable bonds is 5. The first-order chi connectivity index (χ1) is 7.98. The number of pyridine rings is 1. The van der Waals surface area contributed by atoms with Crippen LogP contribution in [0.5, 0.6) is 5.88 Å². The van der Waals surface area contributed by atoms with E-state index in [0.29, 0.717) is 11.3 Å². The van der Waals surface area contributed by atoms with Crippen molar-refractivity contribution in [3.8, 4) is 5.88 Å². The van der Waals surface area contributed by atoms with Crippen molar-refractivity contribution in [3.05, 3.63) is 23.9 Å². The molecule has 0 radical (unpaired) electrons. The van der Waals surface area contributed by atoms with E-state index in [1.165, 1.54) is 0 Å². The van der Waals surface area contributed by atoms with Crippen LogP contribution < -0.4 is 16.0 Å². The first kappa shape index (κ1) is 13.9. The van der Waals surface area contributed by atoms with E-state index >= 15 is 0 Å². The normalized spacial score (nSPS) is 13.5. The fraction of sp³-hybridized carbons (Fsp3) is 0.615. The molecule has 1 rings (SSSR count). The minimum absolute atomic E-state index is 0.0814. The molecule has 0 aromatic carbocycles. The summed E-state index contributed by atoms with van der Waals surface area (Å²) in [5.41, 5.74) is 4.16. The van der Waals surface area contributed by atoms with Crippen LogP contribution in [0.1, 0.15) is 45.2 Å². The van der Waals surface area contributed by atoms with Crippen LogP contribution in [-0.4, -0.2) is 12.1 Å². The molecule has 1 aromatic heterocycles. The summed E-state index contributed by atoms with van der Waals surface area (Å²) in [4.78, 5) is 4.19. The van der Waals surface area contributed by atoms with Gasteiger partial charge in [0.05, 0.1) is 13.2 Å². The van der Waals surface area contributed by atoms with Gasteiger partial charge in [-0.25, -0.2) is 4.98 Å². The van der Waals surface area contributed by atoms with Crippen molar-refractivity contribution in [3.63, 3.8) is 0 Å². The maximum Gasteiger partial charge on any atom is 0.217 e.